The van der Waals surface area contributed by atoms with Gasteiger partial charge in [0.2, 0.25) is 10.0 Å². The lowest BCUT2D eigenvalue weighted by Gasteiger charge is -2.18. The summed E-state index contributed by atoms with van der Waals surface area (Å²) in [5, 5.41) is 2.91. The smallest absolute Gasteiger partial charge is 0.251 e. The molecule has 0 saturated carbocycles. The van der Waals surface area contributed by atoms with Crippen molar-refractivity contribution in [1.82, 2.24) is 10.0 Å². The first-order chi connectivity index (χ1) is 15.0. The maximum Gasteiger partial charge on any atom is 0.251 e. The van der Waals surface area contributed by atoms with Gasteiger partial charge in [-0.15, -0.1) is 0 Å². The lowest BCUT2D eigenvalue weighted by atomic mass is 9.88. The van der Waals surface area contributed by atoms with Gasteiger partial charge in [-0.3, -0.25) is 4.79 Å². The van der Waals surface area contributed by atoms with E-state index in [-0.39, 0.29) is 28.0 Å². The van der Waals surface area contributed by atoms with E-state index < -0.39 is 10.0 Å². The molecule has 0 aliphatic heterocycles. The van der Waals surface area contributed by atoms with E-state index in [4.69, 9.17) is 4.74 Å². The fourth-order valence-corrected chi connectivity index (χ4v) is 4.38. The molecule has 3 aromatic rings. The van der Waals surface area contributed by atoms with E-state index in [9.17, 15) is 13.2 Å². The van der Waals surface area contributed by atoms with E-state index in [0.29, 0.717) is 13.0 Å². The second-order valence-corrected chi connectivity index (χ2v) is 8.85. The predicted molar refractivity (Wildman–Crippen MR) is 121 cm³/mol. The van der Waals surface area contributed by atoms with Crippen LogP contribution in [0.25, 0.3) is 0 Å². The second-order valence-electron chi connectivity index (χ2n) is 6.99. The van der Waals surface area contributed by atoms with Crippen LogP contribution in [-0.2, 0) is 10.0 Å². The zero-order valence-corrected chi connectivity index (χ0v) is 18.4. The lowest BCUT2D eigenvalue weighted by molar-refractivity contribution is 0.0952. The van der Waals surface area contributed by atoms with E-state index in [2.05, 4.69) is 34.3 Å². The van der Waals surface area contributed by atoms with Gasteiger partial charge in [0.05, 0.1) is 7.11 Å². The number of methoxy groups -OCH3 is 1. The summed E-state index contributed by atoms with van der Waals surface area (Å²) in [5.74, 6) is -0.0204. The Morgan fingerprint density at radius 2 is 1.52 bits per heavy atom. The number of sulfonamides is 1. The van der Waals surface area contributed by atoms with Gasteiger partial charge < -0.3 is 10.1 Å². The highest BCUT2D eigenvalue weighted by Gasteiger charge is 2.20. The minimum absolute atomic E-state index is 0.0726. The van der Waals surface area contributed by atoms with Crippen LogP contribution in [0.3, 0.4) is 0 Å². The molecular weight excluding hydrogens is 412 g/mol. The van der Waals surface area contributed by atoms with Crippen LogP contribution in [0.1, 0.15) is 33.8 Å². The Morgan fingerprint density at radius 3 is 2.03 bits per heavy atom. The van der Waals surface area contributed by atoms with E-state index >= 15 is 0 Å². The summed E-state index contributed by atoms with van der Waals surface area (Å²) < 4.78 is 31.9. The number of carbonyl (C=O) groups excluding carboxylic acids is 1. The Balaban J connectivity index is 1.75. The first kappa shape index (κ1) is 22.5. The largest absolute Gasteiger partial charge is 0.495 e. The van der Waals surface area contributed by atoms with Crippen LogP contribution in [0.15, 0.2) is 83.8 Å². The van der Waals surface area contributed by atoms with Crippen molar-refractivity contribution in [2.24, 2.45) is 0 Å². The Bertz CT molecular complexity index is 1080. The van der Waals surface area contributed by atoms with Gasteiger partial charge in [-0.1, -0.05) is 60.7 Å². The summed E-state index contributed by atoms with van der Waals surface area (Å²) in [5.41, 5.74) is 2.61. The van der Waals surface area contributed by atoms with Crippen LogP contribution in [0.5, 0.6) is 5.75 Å². The number of nitrogens with one attached hydrogen (secondary N) is 2. The molecule has 0 unspecified atom stereocenters. The molecular formula is C24H26N2O4S. The maximum atomic E-state index is 12.7. The van der Waals surface area contributed by atoms with Crippen molar-refractivity contribution in [3.63, 3.8) is 0 Å². The third kappa shape index (κ3) is 5.51. The molecule has 0 spiro atoms. The summed E-state index contributed by atoms with van der Waals surface area (Å²) in [6.07, 6.45) is 0.706. The summed E-state index contributed by atoms with van der Waals surface area (Å²) in [6.45, 7) is 0.438. The first-order valence-electron chi connectivity index (χ1n) is 9.96. The van der Waals surface area contributed by atoms with Gasteiger partial charge in [-0.2, -0.15) is 0 Å². The number of hydrogen-bond donors (Lipinski definition) is 2. The highest BCUT2D eigenvalue weighted by molar-refractivity contribution is 7.89. The van der Waals surface area contributed by atoms with Crippen molar-refractivity contribution in [2.45, 2.75) is 17.2 Å². The number of rotatable bonds is 9. The van der Waals surface area contributed by atoms with Gasteiger partial charge in [0.25, 0.3) is 5.91 Å². The fraction of sp³-hybridized carbons (Fsp3) is 0.208. The Morgan fingerprint density at radius 1 is 0.935 bits per heavy atom. The molecule has 0 radical (unpaired) electrons. The third-order valence-corrected chi connectivity index (χ3v) is 6.54. The van der Waals surface area contributed by atoms with Crippen LogP contribution in [0.2, 0.25) is 0 Å². The number of amides is 1. The van der Waals surface area contributed by atoms with Crippen molar-refractivity contribution < 1.29 is 17.9 Å². The van der Waals surface area contributed by atoms with Gasteiger partial charge in [-0.25, -0.2) is 13.1 Å². The monoisotopic (exact) mass is 438 g/mol. The van der Waals surface area contributed by atoms with Gasteiger partial charge in [0, 0.05) is 18.0 Å². The molecule has 7 heteroatoms. The fourth-order valence-electron chi connectivity index (χ4n) is 3.47. The molecule has 0 fully saturated rings. The van der Waals surface area contributed by atoms with Crippen molar-refractivity contribution in [3.05, 3.63) is 95.6 Å². The molecule has 2 N–H and O–H groups in total. The molecule has 0 bridgehead atoms. The van der Waals surface area contributed by atoms with E-state index in [1.54, 1.807) is 6.07 Å². The predicted octanol–water partition coefficient (Wildman–Crippen LogP) is 3.56. The van der Waals surface area contributed by atoms with Crippen LogP contribution in [0.4, 0.5) is 0 Å². The molecule has 0 aromatic heterocycles. The molecule has 3 rings (SSSR count). The SMILES string of the molecule is CNS(=O)(=O)c1cc(C(=O)NCCC(c2ccccc2)c2ccccc2)ccc1OC. The molecule has 0 aliphatic carbocycles. The van der Waals surface area contributed by atoms with E-state index in [1.165, 1.54) is 37.4 Å². The summed E-state index contributed by atoms with van der Waals surface area (Å²) in [6, 6.07) is 24.7. The minimum atomic E-state index is -3.76. The van der Waals surface area contributed by atoms with E-state index in [0.717, 1.165) is 0 Å². The van der Waals surface area contributed by atoms with Crippen molar-refractivity contribution in [3.8, 4) is 5.75 Å². The van der Waals surface area contributed by atoms with Crippen LogP contribution in [-0.4, -0.2) is 35.0 Å². The normalized spacial score (nSPS) is 11.3. The molecule has 0 heterocycles. The quantitative estimate of drug-likeness (QED) is 0.535. The number of carbonyl (C=O) groups is 1. The van der Waals surface area contributed by atoms with Gasteiger partial charge in [0.15, 0.2) is 0 Å². The van der Waals surface area contributed by atoms with Crippen LogP contribution in [0, 0.1) is 0 Å². The average molecular weight is 439 g/mol. The Kier molecular flexibility index (Phi) is 7.44. The Hall–Kier alpha value is -3.16. The summed E-state index contributed by atoms with van der Waals surface area (Å²) >= 11 is 0. The Labute approximate surface area is 183 Å². The second kappa shape index (κ2) is 10.2. The molecule has 0 saturated heterocycles. The molecule has 0 aliphatic rings. The molecule has 3 aromatic carbocycles. The maximum absolute atomic E-state index is 12.7. The van der Waals surface area contributed by atoms with Crippen LogP contribution >= 0.6 is 0 Å². The van der Waals surface area contributed by atoms with Gasteiger partial charge in [-0.05, 0) is 42.8 Å². The highest BCUT2D eigenvalue weighted by atomic mass is 32.2. The minimum Gasteiger partial charge on any atom is -0.495 e. The highest BCUT2D eigenvalue weighted by Crippen LogP contribution is 2.28. The zero-order valence-electron chi connectivity index (χ0n) is 17.5. The molecule has 1 amide bonds. The number of benzene rings is 3. The topological polar surface area (TPSA) is 84.5 Å². The summed E-state index contributed by atoms with van der Waals surface area (Å²) in [7, 11) is -1.06. The standard InChI is InChI=1S/C24H26N2O4S/c1-25-31(28,29)23-17-20(13-14-22(23)30-2)24(27)26-16-15-21(18-9-5-3-6-10-18)19-11-7-4-8-12-19/h3-14,17,21,25H,15-16H2,1-2H3,(H,26,27). The number of ether oxygens (including phenoxy) is 1. The van der Waals surface area contributed by atoms with Gasteiger partial charge >= 0.3 is 0 Å². The van der Waals surface area contributed by atoms with E-state index in [1.807, 2.05) is 36.4 Å². The number of hydrogen-bond acceptors (Lipinski definition) is 4. The summed E-state index contributed by atoms with van der Waals surface area (Å²) in [4.78, 5) is 12.6. The van der Waals surface area contributed by atoms with Crippen molar-refractivity contribution in [2.75, 3.05) is 20.7 Å². The van der Waals surface area contributed by atoms with Crippen molar-refractivity contribution >= 4 is 15.9 Å². The molecule has 6 nitrogen and oxygen atoms in total. The van der Waals surface area contributed by atoms with Gasteiger partial charge in [0.1, 0.15) is 10.6 Å². The molecule has 162 valence electrons. The first-order valence-corrected chi connectivity index (χ1v) is 11.4. The third-order valence-electron chi connectivity index (χ3n) is 5.11. The average Bonchev–Trinajstić information content (AvgIpc) is 2.82. The molecule has 0 atom stereocenters. The van der Waals surface area contributed by atoms with Crippen molar-refractivity contribution in [1.29, 1.82) is 0 Å². The molecule has 31 heavy (non-hydrogen) atoms. The zero-order chi connectivity index (χ0) is 22.3. The lowest BCUT2D eigenvalue weighted by Crippen LogP contribution is -2.26. The van der Waals surface area contributed by atoms with Crippen LogP contribution < -0.4 is 14.8 Å².